The van der Waals surface area contributed by atoms with E-state index in [0.29, 0.717) is 19.5 Å². The number of aromatic nitrogens is 1. The molecule has 2 N–H and O–H groups in total. The lowest BCUT2D eigenvalue weighted by molar-refractivity contribution is -0.133. The monoisotopic (exact) mass is 279 g/mol. The highest BCUT2D eigenvalue weighted by atomic mass is 32.1. The summed E-state index contributed by atoms with van der Waals surface area (Å²) in [5, 5.41) is 0. The highest BCUT2D eigenvalue weighted by Crippen LogP contribution is 2.11. The third kappa shape index (κ3) is 4.28. The van der Waals surface area contributed by atoms with Crippen molar-refractivity contribution in [2.45, 2.75) is 33.7 Å². The summed E-state index contributed by atoms with van der Waals surface area (Å²) < 4.78 is 0. The number of aryl methyl sites for hydroxylation is 1. The van der Waals surface area contributed by atoms with E-state index in [1.807, 2.05) is 39.0 Å². The van der Waals surface area contributed by atoms with Crippen LogP contribution in [0.25, 0.3) is 0 Å². The highest BCUT2D eigenvalue weighted by molar-refractivity contribution is 7.80. The molecule has 0 aromatic carbocycles. The zero-order chi connectivity index (χ0) is 14.4. The van der Waals surface area contributed by atoms with E-state index < -0.39 is 0 Å². The average molecular weight is 279 g/mol. The Bertz CT molecular complexity index is 462. The molecular weight excluding hydrogens is 258 g/mol. The Labute approximate surface area is 120 Å². The van der Waals surface area contributed by atoms with Crippen LogP contribution in [0.5, 0.6) is 0 Å². The molecule has 1 aromatic rings. The lowest BCUT2D eigenvalue weighted by Gasteiger charge is -2.25. The molecule has 0 aliphatic carbocycles. The molecule has 0 saturated heterocycles. The molecule has 0 bridgehead atoms. The summed E-state index contributed by atoms with van der Waals surface area (Å²) in [7, 11) is 0. The standard InChI is InChI=1S/C14H21N3OS/c1-4-12(13(15)19)14(18)17(5-2)9-11-8-6-7-10(3)16-11/h6-8,12H,4-5,9H2,1-3H3,(H2,15,19). The van der Waals surface area contributed by atoms with Gasteiger partial charge in [-0.05, 0) is 32.4 Å². The lowest BCUT2D eigenvalue weighted by atomic mass is 10.0. The third-order valence-electron chi connectivity index (χ3n) is 3.04. The van der Waals surface area contributed by atoms with Gasteiger partial charge in [0.1, 0.15) is 0 Å². The molecule has 0 aliphatic rings. The number of nitrogens with two attached hydrogens (primary N) is 1. The van der Waals surface area contributed by atoms with Crippen LogP contribution in [0.2, 0.25) is 0 Å². The van der Waals surface area contributed by atoms with Gasteiger partial charge in [-0.2, -0.15) is 0 Å². The minimum absolute atomic E-state index is 0.0131. The maximum absolute atomic E-state index is 12.4. The molecular formula is C14H21N3OS. The van der Waals surface area contributed by atoms with Gasteiger partial charge in [0.05, 0.1) is 23.1 Å². The Kier molecular flexibility index (Phi) is 5.89. The number of pyridine rings is 1. The molecule has 19 heavy (non-hydrogen) atoms. The second kappa shape index (κ2) is 7.19. The van der Waals surface area contributed by atoms with Gasteiger partial charge in [0.25, 0.3) is 0 Å². The summed E-state index contributed by atoms with van der Waals surface area (Å²) in [5.74, 6) is -0.388. The average Bonchev–Trinajstić information content (AvgIpc) is 2.36. The molecule has 1 atom stereocenters. The molecule has 0 aliphatic heterocycles. The van der Waals surface area contributed by atoms with Crippen LogP contribution in [-0.2, 0) is 11.3 Å². The summed E-state index contributed by atoms with van der Waals surface area (Å²) in [6.07, 6.45) is 0.631. The van der Waals surface area contributed by atoms with Gasteiger partial charge >= 0.3 is 0 Å². The normalized spacial score (nSPS) is 11.9. The molecule has 1 rings (SSSR count). The first-order valence-corrected chi connectivity index (χ1v) is 6.91. The number of hydrogen-bond acceptors (Lipinski definition) is 3. The molecule has 1 aromatic heterocycles. The SMILES string of the molecule is CCC(C(=O)N(CC)Cc1cccc(C)n1)C(N)=S. The number of carbonyl (C=O) groups excluding carboxylic acids is 1. The van der Waals surface area contributed by atoms with Crippen molar-refractivity contribution < 1.29 is 4.79 Å². The molecule has 4 nitrogen and oxygen atoms in total. The van der Waals surface area contributed by atoms with E-state index in [1.165, 1.54) is 0 Å². The van der Waals surface area contributed by atoms with Crippen LogP contribution in [0, 0.1) is 12.8 Å². The van der Waals surface area contributed by atoms with Gasteiger partial charge in [-0.3, -0.25) is 9.78 Å². The van der Waals surface area contributed by atoms with Gasteiger partial charge in [-0.25, -0.2) is 0 Å². The Hall–Kier alpha value is -1.49. The molecule has 5 heteroatoms. The summed E-state index contributed by atoms with van der Waals surface area (Å²) in [6, 6.07) is 5.80. The van der Waals surface area contributed by atoms with E-state index in [-0.39, 0.29) is 16.8 Å². The molecule has 0 fully saturated rings. The lowest BCUT2D eigenvalue weighted by Crippen LogP contribution is -2.40. The summed E-state index contributed by atoms with van der Waals surface area (Å²) in [6.45, 7) is 6.91. The van der Waals surface area contributed by atoms with E-state index in [4.69, 9.17) is 18.0 Å². The molecule has 0 spiro atoms. The number of carbonyl (C=O) groups is 1. The van der Waals surface area contributed by atoms with E-state index in [9.17, 15) is 4.79 Å². The van der Waals surface area contributed by atoms with Crippen molar-refractivity contribution in [2.75, 3.05) is 6.54 Å². The van der Waals surface area contributed by atoms with Crippen molar-refractivity contribution in [3.8, 4) is 0 Å². The van der Waals surface area contributed by atoms with E-state index in [0.717, 1.165) is 11.4 Å². The summed E-state index contributed by atoms with van der Waals surface area (Å²) in [5.41, 5.74) is 7.46. The van der Waals surface area contributed by atoms with Crippen LogP contribution in [0.3, 0.4) is 0 Å². The number of thiocarbonyl (C=S) groups is 1. The second-order valence-electron chi connectivity index (χ2n) is 4.49. The molecule has 1 heterocycles. The predicted molar refractivity (Wildman–Crippen MR) is 80.6 cm³/mol. The van der Waals surface area contributed by atoms with E-state index in [1.54, 1.807) is 4.90 Å². The third-order valence-corrected chi connectivity index (χ3v) is 3.33. The van der Waals surface area contributed by atoms with Crippen molar-refractivity contribution in [2.24, 2.45) is 11.7 Å². The Morgan fingerprint density at radius 1 is 1.47 bits per heavy atom. The van der Waals surface area contributed by atoms with Crippen LogP contribution in [0.1, 0.15) is 31.7 Å². The summed E-state index contributed by atoms with van der Waals surface area (Å²) in [4.78, 5) is 18.8. The Balaban J connectivity index is 2.83. The van der Waals surface area contributed by atoms with Gasteiger partial charge in [-0.1, -0.05) is 25.2 Å². The first kappa shape index (κ1) is 15.6. The Morgan fingerprint density at radius 2 is 2.16 bits per heavy atom. The van der Waals surface area contributed by atoms with Crippen LogP contribution in [0.15, 0.2) is 18.2 Å². The van der Waals surface area contributed by atoms with Crippen molar-refractivity contribution in [3.63, 3.8) is 0 Å². The maximum atomic E-state index is 12.4. The fraction of sp³-hybridized carbons (Fsp3) is 0.500. The number of rotatable bonds is 6. The molecule has 1 amide bonds. The van der Waals surface area contributed by atoms with Crippen LogP contribution in [0.4, 0.5) is 0 Å². The van der Waals surface area contributed by atoms with Crippen molar-refractivity contribution in [1.29, 1.82) is 0 Å². The molecule has 0 radical (unpaired) electrons. The zero-order valence-corrected chi connectivity index (χ0v) is 12.5. The van der Waals surface area contributed by atoms with Gasteiger partial charge < -0.3 is 10.6 Å². The van der Waals surface area contributed by atoms with Gasteiger partial charge in [-0.15, -0.1) is 0 Å². The van der Waals surface area contributed by atoms with Gasteiger partial charge in [0.2, 0.25) is 5.91 Å². The van der Waals surface area contributed by atoms with Crippen molar-refractivity contribution in [1.82, 2.24) is 9.88 Å². The topological polar surface area (TPSA) is 59.2 Å². The largest absolute Gasteiger partial charge is 0.393 e. The predicted octanol–water partition coefficient (Wildman–Crippen LogP) is 2.05. The minimum atomic E-state index is -0.375. The Morgan fingerprint density at radius 3 is 2.63 bits per heavy atom. The first-order chi connectivity index (χ1) is 8.99. The van der Waals surface area contributed by atoms with Crippen LogP contribution >= 0.6 is 12.2 Å². The fourth-order valence-corrected chi connectivity index (χ4v) is 2.21. The van der Waals surface area contributed by atoms with E-state index in [2.05, 4.69) is 4.98 Å². The molecule has 1 unspecified atom stereocenters. The maximum Gasteiger partial charge on any atom is 0.232 e. The summed E-state index contributed by atoms with van der Waals surface area (Å²) >= 11 is 4.96. The quantitative estimate of drug-likeness (QED) is 0.810. The highest BCUT2D eigenvalue weighted by Gasteiger charge is 2.24. The second-order valence-corrected chi connectivity index (χ2v) is 4.96. The molecule has 0 saturated carbocycles. The van der Waals surface area contributed by atoms with Gasteiger partial charge in [0, 0.05) is 12.2 Å². The van der Waals surface area contributed by atoms with Crippen molar-refractivity contribution in [3.05, 3.63) is 29.6 Å². The van der Waals surface area contributed by atoms with Crippen LogP contribution in [-0.4, -0.2) is 27.3 Å². The van der Waals surface area contributed by atoms with E-state index >= 15 is 0 Å². The fourth-order valence-electron chi connectivity index (χ4n) is 1.95. The zero-order valence-electron chi connectivity index (χ0n) is 11.7. The number of nitrogens with zero attached hydrogens (tertiary/aromatic N) is 2. The molecule has 104 valence electrons. The van der Waals surface area contributed by atoms with Crippen molar-refractivity contribution >= 4 is 23.1 Å². The van der Waals surface area contributed by atoms with Gasteiger partial charge in [0.15, 0.2) is 0 Å². The smallest absolute Gasteiger partial charge is 0.232 e. The minimum Gasteiger partial charge on any atom is -0.393 e. The number of hydrogen-bond donors (Lipinski definition) is 1. The first-order valence-electron chi connectivity index (χ1n) is 6.50. The number of amides is 1. The van der Waals surface area contributed by atoms with Crippen LogP contribution < -0.4 is 5.73 Å².